The van der Waals surface area contributed by atoms with E-state index in [1.54, 1.807) is 6.07 Å². The van der Waals surface area contributed by atoms with E-state index in [2.05, 4.69) is 27.8 Å². The van der Waals surface area contributed by atoms with Gasteiger partial charge in [0.2, 0.25) is 0 Å². The third-order valence-corrected chi connectivity index (χ3v) is 4.46. The molecule has 1 fully saturated rings. The zero-order chi connectivity index (χ0) is 14.0. The fraction of sp³-hybridized carbons (Fsp3) is 0.571. The van der Waals surface area contributed by atoms with Gasteiger partial charge in [-0.3, -0.25) is 10.1 Å². The van der Waals surface area contributed by atoms with Crippen LogP contribution in [0.15, 0.2) is 22.7 Å². The summed E-state index contributed by atoms with van der Waals surface area (Å²) in [6.07, 6.45) is 4.71. The summed E-state index contributed by atoms with van der Waals surface area (Å²) in [5.74, 6) is 0.704. The highest BCUT2D eigenvalue weighted by Gasteiger charge is 2.26. The van der Waals surface area contributed by atoms with Gasteiger partial charge in [0, 0.05) is 23.6 Å². The zero-order valence-corrected chi connectivity index (χ0v) is 12.9. The average molecular weight is 327 g/mol. The molecule has 0 heterocycles. The maximum Gasteiger partial charge on any atom is 0.293 e. The Morgan fingerprint density at radius 2 is 2.16 bits per heavy atom. The molecule has 1 aliphatic carbocycles. The Hall–Kier alpha value is -1.10. The summed E-state index contributed by atoms with van der Waals surface area (Å²) in [6, 6.07) is 5.69. The Balaban J connectivity index is 2.27. The van der Waals surface area contributed by atoms with Gasteiger partial charge in [-0.2, -0.15) is 0 Å². The fourth-order valence-corrected chi connectivity index (χ4v) is 3.24. The molecule has 1 aromatic carbocycles. The summed E-state index contributed by atoms with van der Waals surface area (Å²) in [5, 5.41) is 11.2. The highest BCUT2D eigenvalue weighted by Crippen LogP contribution is 2.35. The molecule has 1 aliphatic rings. The monoisotopic (exact) mass is 326 g/mol. The zero-order valence-electron chi connectivity index (χ0n) is 11.3. The van der Waals surface area contributed by atoms with Crippen LogP contribution in [-0.4, -0.2) is 18.0 Å². The number of halogens is 1. The van der Waals surface area contributed by atoms with Gasteiger partial charge >= 0.3 is 0 Å². The van der Waals surface area contributed by atoms with E-state index in [4.69, 9.17) is 0 Å². The van der Waals surface area contributed by atoms with Gasteiger partial charge in [-0.05, 0) is 30.9 Å². The molecule has 0 bridgehead atoms. The highest BCUT2D eigenvalue weighted by atomic mass is 79.9. The Morgan fingerprint density at radius 1 is 1.42 bits per heavy atom. The molecule has 5 heteroatoms. The first-order valence-electron chi connectivity index (χ1n) is 6.66. The molecule has 2 unspecified atom stereocenters. The predicted molar refractivity (Wildman–Crippen MR) is 80.6 cm³/mol. The lowest BCUT2D eigenvalue weighted by Crippen LogP contribution is -2.35. The van der Waals surface area contributed by atoms with Crippen molar-refractivity contribution in [2.24, 2.45) is 5.92 Å². The number of nitro benzene ring substituents is 1. The Labute approximate surface area is 122 Å². The van der Waals surface area contributed by atoms with Crippen LogP contribution in [-0.2, 0) is 0 Å². The Bertz CT molecular complexity index is 479. The molecule has 0 amide bonds. The SMILES string of the molecule is CC1CCCC(N(C)c2ccc(Br)cc2[N+](=O)[O-])C1. The molecular formula is C14H19BrN2O2. The summed E-state index contributed by atoms with van der Waals surface area (Å²) in [5.41, 5.74) is 0.891. The molecule has 104 valence electrons. The quantitative estimate of drug-likeness (QED) is 0.612. The lowest BCUT2D eigenvalue weighted by Gasteiger charge is -2.35. The first kappa shape index (κ1) is 14.3. The molecule has 1 saturated carbocycles. The van der Waals surface area contributed by atoms with E-state index < -0.39 is 0 Å². The summed E-state index contributed by atoms with van der Waals surface area (Å²) in [7, 11) is 1.97. The van der Waals surface area contributed by atoms with Crippen molar-refractivity contribution in [3.8, 4) is 0 Å². The molecule has 0 N–H and O–H groups in total. The lowest BCUT2D eigenvalue weighted by molar-refractivity contribution is -0.384. The molecule has 1 aromatic rings. The summed E-state index contributed by atoms with van der Waals surface area (Å²) < 4.78 is 0.744. The van der Waals surface area contributed by atoms with Crippen LogP contribution in [0.3, 0.4) is 0 Å². The van der Waals surface area contributed by atoms with Crippen LogP contribution in [0.1, 0.15) is 32.6 Å². The number of hydrogen-bond donors (Lipinski definition) is 0. The molecule has 0 aliphatic heterocycles. The van der Waals surface area contributed by atoms with Crippen molar-refractivity contribution < 1.29 is 4.92 Å². The van der Waals surface area contributed by atoms with Crippen molar-refractivity contribution in [1.29, 1.82) is 0 Å². The van der Waals surface area contributed by atoms with E-state index >= 15 is 0 Å². The van der Waals surface area contributed by atoms with Crippen LogP contribution >= 0.6 is 15.9 Å². The maximum atomic E-state index is 11.2. The summed E-state index contributed by atoms with van der Waals surface area (Å²) in [6.45, 7) is 2.26. The number of nitro groups is 1. The average Bonchev–Trinajstić information content (AvgIpc) is 2.37. The minimum Gasteiger partial charge on any atom is -0.366 e. The number of benzene rings is 1. The minimum atomic E-state index is -0.303. The van der Waals surface area contributed by atoms with Crippen LogP contribution in [0.2, 0.25) is 0 Å². The van der Waals surface area contributed by atoms with Crippen molar-refractivity contribution in [3.05, 3.63) is 32.8 Å². The van der Waals surface area contributed by atoms with Gasteiger partial charge in [0.25, 0.3) is 5.69 Å². The number of hydrogen-bond acceptors (Lipinski definition) is 3. The lowest BCUT2D eigenvalue weighted by atomic mass is 9.86. The van der Waals surface area contributed by atoms with Crippen LogP contribution in [0, 0.1) is 16.0 Å². The molecule has 19 heavy (non-hydrogen) atoms. The van der Waals surface area contributed by atoms with Gasteiger partial charge in [0.1, 0.15) is 5.69 Å². The van der Waals surface area contributed by atoms with Gasteiger partial charge in [-0.15, -0.1) is 0 Å². The molecule has 4 nitrogen and oxygen atoms in total. The first-order chi connectivity index (χ1) is 8.99. The van der Waals surface area contributed by atoms with E-state index in [0.717, 1.165) is 17.3 Å². The standard InChI is InChI=1S/C14H19BrN2O2/c1-10-4-3-5-12(8-10)16(2)13-7-6-11(15)9-14(13)17(18)19/h6-7,9-10,12H,3-5,8H2,1-2H3. The normalized spacial score (nSPS) is 23.1. The molecule has 0 aromatic heterocycles. The van der Waals surface area contributed by atoms with Crippen molar-refractivity contribution in [2.75, 3.05) is 11.9 Å². The Kier molecular flexibility index (Phi) is 4.45. The van der Waals surface area contributed by atoms with Crippen molar-refractivity contribution in [3.63, 3.8) is 0 Å². The van der Waals surface area contributed by atoms with E-state index in [0.29, 0.717) is 17.6 Å². The largest absolute Gasteiger partial charge is 0.366 e. The Morgan fingerprint density at radius 3 is 2.79 bits per heavy atom. The minimum absolute atomic E-state index is 0.176. The van der Waals surface area contributed by atoms with Gasteiger partial charge in [0.15, 0.2) is 0 Å². The van der Waals surface area contributed by atoms with Gasteiger partial charge in [0.05, 0.1) is 4.92 Å². The van der Waals surface area contributed by atoms with Crippen LogP contribution in [0.25, 0.3) is 0 Å². The first-order valence-corrected chi connectivity index (χ1v) is 7.45. The van der Waals surface area contributed by atoms with E-state index in [1.807, 2.05) is 19.2 Å². The van der Waals surface area contributed by atoms with Gasteiger partial charge < -0.3 is 4.90 Å². The third-order valence-electron chi connectivity index (χ3n) is 3.97. The van der Waals surface area contributed by atoms with Crippen molar-refractivity contribution in [1.82, 2.24) is 0 Å². The summed E-state index contributed by atoms with van der Waals surface area (Å²) >= 11 is 3.30. The molecule has 0 spiro atoms. The molecular weight excluding hydrogens is 308 g/mol. The second-order valence-electron chi connectivity index (χ2n) is 5.43. The maximum absolute atomic E-state index is 11.2. The van der Waals surface area contributed by atoms with E-state index in [9.17, 15) is 10.1 Å². The second-order valence-corrected chi connectivity index (χ2v) is 6.34. The van der Waals surface area contributed by atoms with Crippen molar-refractivity contribution in [2.45, 2.75) is 38.6 Å². The molecule has 2 atom stereocenters. The second kappa shape index (κ2) is 5.90. The fourth-order valence-electron chi connectivity index (χ4n) is 2.89. The van der Waals surface area contributed by atoms with E-state index in [-0.39, 0.29) is 10.6 Å². The van der Waals surface area contributed by atoms with Crippen molar-refractivity contribution >= 4 is 27.3 Å². The third kappa shape index (κ3) is 3.26. The smallest absolute Gasteiger partial charge is 0.293 e. The van der Waals surface area contributed by atoms with Gasteiger partial charge in [-0.1, -0.05) is 35.7 Å². The van der Waals surface area contributed by atoms with E-state index in [1.165, 1.54) is 12.8 Å². The number of nitrogens with zero attached hydrogens (tertiary/aromatic N) is 2. The van der Waals surface area contributed by atoms with Crippen LogP contribution < -0.4 is 4.90 Å². The summed E-state index contributed by atoms with van der Waals surface area (Å²) in [4.78, 5) is 13.0. The van der Waals surface area contributed by atoms with Gasteiger partial charge in [-0.25, -0.2) is 0 Å². The highest BCUT2D eigenvalue weighted by molar-refractivity contribution is 9.10. The van der Waals surface area contributed by atoms with Crippen LogP contribution in [0.4, 0.5) is 11.4 Å². The predicted octanol–water partition coefficient (Wildman–Crippen LogP) is 4.37. The topological polar surface area (TPSA) is 46.4 Å². The number of anilines is 1. The number of rotatable bonds is 3. The molecule has 0 saturated heterocycles. The van der Waals surface area contributed by atoms with Crippen LogP contribution in [0.5, 0.6) is 0 Å². The molecule has 0 radical (unpaired) electrons. The molecule has 2 rings (SSSR count).